The van der Waals surface area contributed by atoms with Gasteiger partial charge in [0, 0.05) is 20.5 Å². The lowest BCUT2D eigenvalue weighted by Crippen LogP contribution is -2.17. The Hall–Kier alpha value is -0.140. The zero-order valence-corrected chi connectivity index (χ0v) is 13.4. The number of benzene rings is 1. The van der Waals surface area contributed by atoms with Crippen molar-refractivity contribution in [2.24, 2.45) is 5.73 Å². The highest BCUT2D eigenvalue weighted by Gasteiger charge is 2.06. The van der Waals surface area contributed by atoms with E-state index in [0.29, 0.717) is 6.42 Å². The number of hydrogen-bond donors (Lipinski definition) is 2. The maximum atomic E-state index is 11.7. The number of carbonyl (C=O) groups is 1. The van der Waals surface area contributed by atoms with Crippen LogP contribution in [0.25, 0.3) is 0 Å². The van der Waals surface area contributed by atoms with Crippen molar-refractivity contribution >= 4 is 50.1 Å². The second-order valence-corrected chi connectivity index (χ2v) is 6.14. The lowest BCUT2D eigenvalue weighted by Gasteiger charge is -2.08. The molecule has 3 nitrogen and oxygen atoms in total. The molecule has 1 atom stereocenters. The number of hydrogen-bond acceptors (Lipinski definition) is 2. The van der Waals surface area contributed by atoms with Gasteiger partial charge in [-0.05, 0) is 76.5 Å². The summed E-state index contributed by atoms with van der Waals surface area (Å²) >= 11 is 5.66. The summed E-state index contributed by atoms with van der Waals surface area (Å²) in [7, 11) is 0. The molecule has 0 aliphatic heterocycles. The minimum absolute atomic E-state index is 0.0348. The van der Waals surface area contributed by atoms with Gasteiger partial charge >= 0.3 is 0 Å². The van der Waals surface area contributed by atoms with Crippen molar-refractivity contribution in [3.8, 4) is 0 Å². The largest absolute Gasteiger partial charge is 0.328 e. The average molecular weight is 411 g/mol. The fourth-order valence-corrected chi connectivity index (χ4v) is 2.79. The lowest BCUT2D eigenvalue weighted by molar-refractivity contribution is -0.116. The average Bonchev–Trinajstić information content (AvgIpc) is 2.21. The first kappa shape index (κ1) is 14.9. The third kappa shape index (κ3) is 5.83. The highest BCUT2D eigenvalue weighted by atomic mass is 127. The van der Waals surface area contributed by atoms with E-state index in [9.17, 15) is 4.79 Å². The van der Waals surface area contributed by atoms with Gasteiger partial charge in [-0.15, -0.1) is 0 Å². The SMILES string of the molecule is CC(N)CCCC(=O)Nc1ccc(I)cc1Br. The number of halogens is 2. The number of amides is 1. The smallest absolute Gasteiger partial charge is 0.224 e. The molecule has 1 unspecified atom stereocenters. The van der Waals surface area contributed by atoms with Crippen molar-refractivity contribution in [3.63, 3.8) is 0 Å². The van der Waals surface area contributed by atoms with E-state index in [1.165, 1.54) is 0 Å². The molecule has 1 aromatic rings. The van der Waals surface area contributed by atoms with Crippen LogP contribution < -0.4 is 11.1 Å². The van der Waals surface area contributed by atoms with Crippen LogP contribution in [-0.4, -0.2) is 11.9 Å². The highest BCUT2D eigenvalue weighted by Crippen LogP contribution is 2.24. The molecule has 1 aromatic carbocycles. The number of anilines is 1. The molecule has 0 radical (unpaired) electrons. The minimum Gasteiger partial charge on any atom is -0.328 e. The molecule has 3 N–H and O–H groups in total. The van der Waals surface area contributed by atoms with Crippen LogP contribution in [0.15, 0.2) is 22.7 Å². The van der Waals surface area contributed by atoms with Crippen molar-refractivity contribution in [2.75, 3.05) is 5.32 Å². The van der Waals surface area contributed by atoms with Crippen LogP contribution in [-0.2, 0) is 4.79 Å². The van der Waals surface area contributed by atoms with E-state index < -0.39 is 0 Å². The predicted octanol–water partition coefficient (Wildman–Crippen LogP) is 3.51. The summed E-state index contributed by atoms with van der Waals surface area (Å²) in [5, 5.41) is 2.88. The molecular formula is C12H16BrIN2O. The standard InChI is InChI=1S/C12H16BrIN2O/c1-8(15)3-2-4-12(17)16-11-6-5-9(14)7-10(11)13/h5-8H,2-4,15H2,1H3,(H,16,17). The molecule has 0 bridgehead atoms. The summed E-state index contributed by atoms with van der Waals surface area (Å²) in [6.07, 6.45) is 2.22. The Bertz CT molecular complexity index is 396. The van der Waals surface area contributed by atoms with E-state index in [1.807, 2.05) is 25.1 Å². The summed E-state index contributed by atoms with van der Waals surface area (Å²) in [5.74, 6) is 0.0348. The van der Waals surface area contributed by atoms with Gasteiger partial charge in [0.1, 0.15) is 0 Å². The maximum absolute atomic E-state index is 11.7. The van der Waals surface area contributed by atoms with Gasteiger partial charge in [0.2, 0.25) is 5.91 Å². The van der Waals surface area contributed by atoms with Gasteiger partial charge in [0.05, 0.1) is 5.69 Å². The maximum Gasteiger partial charge on any atom is 0.224 e. The third-order valence-corrected chi connectivity index (χ3v) is 3.60. The Balaban J connectivity index is 2.45. The third-order valence-electron chi connectivity index (χ3n) is 2.27. The molecular weight excluding hydrogens is 395 g/mol. The zero-order valence-electron chi connectivity index (χ0n) is 9.67. The summed E-state index contributed by atoms with van der Waals surface area (Å²) in [6, 6.07) is 5.99. The number of nitrogens with two attached hydrogens (primary N) is 1. The van der Waals surface area contributed by atoms with Crippen LogP contribution in [0.4, 0.5) is 5.69 Å². The molecule has 0 fully saturated rings. The van der Waals surface area contributed by atoms with Crippen LogP contribution in [0.2, 0.25) is 0 Å². The van der Waals surface area contributed by atoms with Gasteiger partial charge in [-0.1, -0.05) is 0 Å². The number of nitrogens with one attached hydrogen (secondary N) is 1. The predicted molar refractivity (Wildman–Crippen MR) is 83.0 cm³/mol. The first-order chi connectivity index (χ1) is 7.99. The molecule has 1 rings (SSSR count). The van der Waals surface area contributed by atoms with Crippen molar-refractivity contribution < 1.29 is 4.79 Å². The minimum atomic E-state index is 0.0348. The Morgan fingerprint density at radius 2 is 2.29 bits per heavy atom. The molecule has 0 aliphatic carbocycles. The molecule has 1 amide bonds. The topological polar surface area (TPSA) is 55.1 Å². The second-order valence-electron chi connectivity index (χ2n) is 4.04. The van der Waals surface area contributed by atoms with Gasteiger partial charge in [-0.3, -0.25) is 4.79 Å². The fourth-order valence-electron chi connectivity index (χ4n) is 1.39. The van der Waals surface area contributed by atoms with E-state index in [4.69, 9.17) is 5.73 Å². The molecule has 0 spiro atoms. The quantitative estimate of drug-likeness (QED) is 0.729. The summed E-state index contributed by atoms with van der Waals surface area (Å²) in [6.45, 7) is 1.95. The fraction of sp³-hybridized carbons (Fsp3) is 0.417. The van der Waals surface area contributed by atoms with Gasteiger partial charge < -0.3 is 11.1 Å². The molecule has 0 saturated heterocycles. The van der Waals surface area contributed by atoms with Crippen molar-refractivity contribution in [1.82, 2.24) is 0 Å². The van der Waals surface area contributed by atoms with Crippen molar-refractivity contribution in [3.05, 3.63) is 26.2 Å². The van der Waals surface area contributed by atoms with E-state index in [2.05, 4.69) is 43.8 Å². The van der Waals surface area contributed by atoms with Crippen molar-refractivity contribution in [2.45, 2.75) is 32.2 Å². The van der Waals surface area contributed by atoms with E-state index >= 15 is 0 Å². The van der Waals surface area contributed by atoms with E-state index in [1.54, 1.807) is 0 Å². The zero-order chi connectivity index (χ0) is 12.8. The molecule has 0 aliphatic rings. The Kier molecular flexibility index (Phi) is 6.43. The van der Waals surface area contributed by atoms with Crippen LogP contribution in [0.5, 0.6) is 0 Å². The Labute approximate surface area is 124 Å². The van der Waals surface area contributed by atoms with Gasteiger partial charge in [-0.25, -0.2) is 0 Å². The molecule has 94 valence electrons. The highest BCUT2D eigenvalue weighted by molar-refractivity contribution is 14.1. The van der Waals surface area contributed by atoms with Gasteiger partial charge in [0.15, 0.2) is 0 Å². The summed E-state index contributed by atoms with van der Waals surface area (Å²) in [5.41, 5.74) is 6.45. The van der Waals surface area contributed by atoms with Gasteiger partial charge in [-0.2, -0.15) is 0 Å². The first-order valence-electron chi connectivity index (χ1n) is 5.49. The van der Waals surface area contributed by atoms with Crippen LogP contribution in [0.1, 0.15) is 26.2 Å². The van der Waals surface area contributed by atoms with E-state index in [-0.39, 0.29) is 11.9 Å². The van der Waals surface area contributed by atoms with E-state index in [0.717, 1.165) is 26.6 Å². The molecule has 0 aromatic heterocycles. The monoisotopic (exact) mass is 410 g/mol. The second kappa shape index (κ2) is 7.33. The molecule has 0 saturated carbocycles. The summed E-state index contributed by atoms with van der Waals surface area (Å²) < 4.78 is 2.04. The van der Waals surface area contributed by atoms with Crippen LogP contribution in [0, 0.1) is 3.57 Å². The Morgan fingerprint density at radius 1 is 1.59 bits per heavy atom. The van der Waals surface area contributed by atoms with Crippen LogP contribution in [0.3, 0.4) is 0 Å². The van der Waals surface area contributed by atoms with Crippen LogP contribution >= 0.6 is 38.5 Å². The molecule has 5 heteroatoms. The Morgan fingerprint density at radius 3 is 2.88 bits per heavy atom. The van der Waals surface area contributed by atoms with Crippen molar-refractivity contribution in [1.29, 1.82) is 0 Å². The molecule has 0 heterocycles. The lowest BCUT2D eigenvalue weighted by atomic mass is 10.1. The van der Waals surface area contributed by atoms with Gasteiger partial charge in [0.25, 0.3) is 0 Å². The summed E-state index contributed by atoms with van der Waals surface area (Å²) in [4.78, 5) is 11.7. The number of rotatable bonds is 5. The first-order valence-corrected chi connectivity index (χ1v) is 7.36. The molecule has 17 heavy (non-hydrogen) atoms. The number of carbonyl (C=O) groups excluding carboxylic acids is 1. The normalized spacial score (nSPS) is 12.2.